The van der Waals surface area contributed by atoms with Crippen LogP contribution in [0.5, 0.6) is 0 Å². The van der Waals surface area contributed by atoms with Crippen LogP contribution in [-0.4, -0.2) is 30.2 Å². The molecule has 3 rings (SSSR count). The molecule has 27 heavy (non-hydrogen) atoms. The van der Waals surface area contributed by atoms with Gasteiger partial charge >= 0.3 is 0 Å². The third-order valence-electron chi connectivity index (χ3n) is 6.26. The van der Waals surface area contributed by atoms with Crippen molar-refractivity contribution in [1.29, 1.82) is 0 Å². The smallest absolute Gasteiger partial charge is 0.232 e. The van der Waals surface area contributed by atoms with E-state index in [-0.39, 0.29) is 17.6 Å². The molecule has 146 valence electrons. The lowest BCUT2D eigenvalue weighted by Crippen LogP contribution is -2.50. The SMILES string of the molecule is CN(CC[C@H]1C=C(N)C(=O)C(C)(C)C1)C(=O)C1(c2ccc(Cl)cc2)CCC1. The van der Waals surface area contributed by atoms with Gasteiger partial charge in [-0.15, -0.1) is 0 Å². The second kappa shape index (κ2) is 7.31. The Labute approximate surface area is 166 Å². The molecule has 2 aliphatic rings. The predicted octanol–water partition coefficient (Wildman–Crippen LogP) is 4.07. The van der Waals surface area contributed by atoms with Gasteiger partial charge in [0.05, 0.1) is 11.1 Å². The highest BCUT2D eigenvalue weighted by molar-refractivity contribution is 6.30. The van der Waals surface area contributed by atoms with Crippen LogP contribution in [0.25, 0.3) is 0 Å². The van der Waals surface area contributed by atoms with Crippen molar-refractivity contribution in [2.45, 2.75) is 51.4 Å². The number of nitrogens with two attached hydrogens (primary N) is 1. The molecule has 4 nitrogen and oxygen atoms in total. The lowest BCUT2D eigenvalue weighted by Gasteiger charge is -2.43. The van der Waals surface area contributed by atoms with Gasteiger partial charge in [0.25, 0.3) is 0 Å². The fourth-order valence-electron chi connectivity index (χ4n) is 4.46. The number of carbonyl (C=O) groups excluding carboxylic acids is 2. The van der Waals surface area contributed by atoms with E-state index in [0.717, 1.165) is 37.7 Å². The van der Waals surface area contributed by atoms with Crippen LogP contribution in [0, 0.1) is 11.3 Å². The summed E-state index contributed by atoms with van der Waals surface area (Å²) < 4.78 is 0. The van der Waals surface area contributed by atoms with Gasteiger partial charge in [0.15, 0.2) is 5.78 Å². The molecule has 1 aromatic carbocycles. The summed E-state index contributed by atoms with van der Waals surface area (Å²) in [6.07, 6.45) is 6.31. The molecule has 1 saturated carbocycles. The average molecular weight is 389 g/mol. The highest BCUT2D eigenvalue weighted by Crippen LogP contribution is 2.45. The first kappa shape index (κ1) is 19.9. The molecule has 0 heterocycles. The molecule has 0 spiro atoms. The molecule has 1 amide bonds. The number of allylic oxidation sites excluding steroid dienone is 2. The van der Waals surface area contributed by atoms with Crippen molar-refractivity contribution in [2.75, 3.05) is 13.6 Å². The summed E-state index contributed by atoms with van der Waals surface area (Å²) >= 11 is 6.01. The molecular formula is C22H29ClN2O2. The van der Waals surface area contributed by atoms with Crippen LogP contribution in [0.2, 0.25) is 5.02 Å². The predicted molar refractivity (Wildman–Crippen MR) is 108 cm³/mol. The van der Waals surface area contributed by atoms with Crippen LogP contribution in [0.4, 0.5) is 0 Å². The number of amides is 1. The van der Waals surface area contributed by atoms with E-state index in [1.807, 2.05) is 56.1 Å². The van der Waals surface area contributed by atoms with Gasteiger partial charge in [-0.1, -0.05) is 50.1 Å². The van der Waals surface area contributed by atoms with Crippen molar-refractivity contribution in [2.24, 2.45) is 17.1 Å². The number of likely N-dealkylation sites (N-methyl/N-ethyl adjacent to an activating group) is 1. The topological polar surface area (TPSA) is 63.4 Å². The molecule has 1 atom stereocenters. The van der Waals surface area contributed by atoms with Gasteiger partial charge in [0, 0.05) is 24.0 Å². The van der Waals surface area contributed by atoms with Crippen molar-refractivity contribution in [3.63, 3.8) is 0 Å². The number of benzene rings is 1. The minimum absolute atomic E-state index is 0.0272. The molecule has 5 heteroatoms. The zero-order valence-corrected chi connectivity index (χ0v) is 17.2. The highest BCUT2D eigenvalue weighted by Gasteiger charge is 2.47. The second-order valence-corrected chi connectivity index (χ2v) is 9.19. The highest BCUT2D eigenvalue weighted by atomic mass is 35.5. The van der Waals surface area contributed by atoms with Crippen molar-refractivity contribution in [3.05, 3.63) is 46.6 Å². The van der Waals surface area contributed by atoms with E-state index in [4.69, 9.17) is 17.3 Å². The van der Waals surface area contributed by atoms with Crippen LogP contribution in [-0.2, 0) is 15.0 Å². The Morgan fingerprint density at radius 1 is 1.26 bits per heavy atom. The standard InChI is InChI=1S/C22H29ClN2O2/c1-21(2)14-15(13-18(24)19(21)26)9-12-25(3)20(27)22(10-4-11-22)16-5-7-17(23)8-6-16/h5-8,13,15H,4,9-12,14,24H2,1-3H3/t15-/m0/s1. The van der Waals surface area contributed by atoms with Crippen LogP contribution in [0.3, 0.4) is 0 Å². The van der Waals surface area contributed by atoms with Gasteiger partial charge in [0.2, 0.25) is 5.91 Å². The largest absolute Gasteiger partial charge is 0.396 e. The molecule has 0 saturated heterocycles. The summed E-state index contributed by atoms with van der Waals surface area (Å²) in [6.45, 7) is 4.55. The Balaban J connectivity index is 1.67. The molecule has 2 aliphatic carbocycles. The van der Waals surface area contributed by atoms with Crippen molar-refractivity contribution >= 4 is 23.3 Å². The fraction of sp³-hybridized carbons (Fsp3) is 0.545. The van der Waals surface area contributed by atoms with E-state index >= 15 is 0 Å². The number of hydrogen-bond acceptors (Lipinski definition) is 3. The van der Waals surface area contributed by atoms with E-state index in [1.54, 1.807) is 0 Å². The van der Waals surface area contributed by atoms with Crippen LogP contribution in [0.1, 0.15) is 51.5 Å². The normalized spacial score (nSPS) is 23.3. The Kier molecular flexibility index (Phi) is 5.40. The average Bonchev–Trinajstić information content (AvgIpc) is 2.57. The van der Waals surface area contributed by atoms with Crippen LogP contribution >= 0.6 is 11.6 Å². The Hall–Kier alpha value is -1.81. The number of nitrogens with zero attached hydrogens (tertiary/aromatic N) is 1. The molecular weight excluding hydrogens is 360 g/mol. The minimum Gasteiger partial charge on any atom is -0.396 e. The quantitative estimate of drug-likeness (QED) is 0.826. The molecule has 0 aliphatic heterocycles. The number of hydrogen-bond donors (Lipinski definition) is 1. The maximum atomic E-state index is 13.2. The number of rotatable bonds is 5. The van der Waals surface area contributed by atoms with Gasteiger partial charge in [-0.05, 0) is 49.3 Å². The summed E-state index contributed by atoms with van der Waals surface area (Å²) in [4.78, 5) is 27.2. The summed E-state index contributed by atoms with van der Waals surface area (Å²) in [5.74, 6) is 0.430. The van der Waals surface area contributed by atoms with E-state index < -0.39 is 10.8 Å². The molecule has 0 aromatic heterocycles. The lowest BCUT2D eigenvalue weighted by atomic mass is 9.63. The summed E-state index contributed by atoms with van der Waals surface area (Å²) in [5, 5.41) is 0.688. The molecule has 0 radical (unpaired) electrons. The van der Waals surface area contributed by atoms with Crippen molar-refractivity contribution in [3.8, 4) is 0 Å². The lowest BCUT2D eigenvalue weighted by molar-refractivity contribution is -0.139. The fourth-order valence-corrected chi connectivity index (χ4v) is 4.59. The minimum atomic E-state index is -0.426. The summed E-state index contributed by atoms with van der Waals surface area (Å²) in [6, 6.07) is 7.68. The van der Waals surface area contributed by atoms with E-state index in [0.29, 0.717) is 17.3 Å². The number of halogens is 1. The maximum Gasteiger partial charge on any atom is 0.232 e. The Bertz CT molecular complexity index is 763. The summed E-state index contributed by atoms with van der Waals surface area (Å²) in [5.41, 5.74) is 6.51. The van der Waals surface area contributed by atoms with Crippen LogP contribution < -0.4 is 5.73 Å². The van der Waals surface area contributed by atoms with Crippen LogP contribution in [0.15, 0.2) is 36.0 Å². The zero-order valence-electron chi connectivity index (χ0n) is 16.4. The Morgan fingerprint density at radius 3 is 2.41 bits per heavy atom. The van der Waals surface area contributed by atoms with Gasteiger partial charge < -0.3 is 10.6 Å². The molecule has 2 N–H and O–H groups in total. The van der Waals surface area contributed by atoms with Gasteiger partial charge in [0.1, 0.15) is 0 Å². The van der Waals surface area contributed by atoms with E-state index in [1.165, 1.54) is 0 Å². The van der Waals surface area contributed by atoms with Gasteiger partial charge in [-0.25, -0.2) is 0 Å². The second-order valence-electron chi connectivity index (χ2n) is 8.76. The first-order valence-corrected chi connectivity index (χ1v) is 10.1. The first-order valence-electron chi connectivity index (χ1n) is 9.69. The molecule has 0 unspecified atom stereocenters. The first-order chi connectivity index (χ1) is 12.7. The summed E-state index contributed by atoms with van der Waals surface area (Å²) in [7, 11) is 1.88. The molecule has 1 aromatic rings. The third kappa shape index (κ3) is 3.77. The number of carbonyl (C=O) groups is 2. The number of Topliss-reactive ketones (excluding diaryl/α,β-unsaturated/α-hetero) is 1. The number of ketones is 1. The van der Waals surface area contributed by atoms with E-state index in [2.05, 4.69) is 0 Å². The Morgan fingerprint density at radius 2 is 1.89 bits per heavy atom. The third-order valence-corrected chi connectivity index (χ3v) is 6.51. The molecule has 0 bridgehead atoms. The van der Waals surface area contributed by atoms with Gasteiger partial charge in [-0.2, -0.15) is 0 Å². The maximum absolute atomic E-state index is 13.2. The zero-order chi connectivity index (χ0) is 19.8. The van der Waals surface area contributed by atoms with Gasteiger partial charge in [-0.3, -0.25) is 9.59 Å². The van der Waals surface area contributed by atoms with Crippen molar-refractivity contribution in [1.82, 2.24) is 4.90 Å². The monoisotopic (exact) mass is 388 g/mol. The van der Waals surface area contributed by atoms with Crippen molar-refractivity contribution < 1.29 is 9.59 Å². The molecule has 1 fully saturated rings. The van der Waals surface area contributed by atoms with E-state index in [9.17, 15) is 9.59 Å².